The molecule has 1 aromatic carbocycles. The molecule has 3 aromatic rings. The van der Waals surface area contributed by atoms with Crippen LogP contribution in [0.5, 0.6) is 11.5 Å². The molecule has 0 unspecified atom stereocenters. The van der Waals surface area contributed by atoms with Crippen LogP contribution >= 0.6 is 23.2 Å². The molecule has 0 aliphatic rings. The van der Waals surface area contributed by atoms with Crippen LogP contribution in [0.15, 0.2) is 51.0 Å². The van der Waals surface area contributed by atoms with Gasteiger partial charge in [0.05, 0.1) is 21.9 Å². The van der Waals surface area contributed by atoms with Crippen LogP contribution in [0.2, 0.25) is 10.0 Å². The Morgan fingerprint density at radius 2 is 1.78 bits per heavy atom. The summed E-state index contributed by atoms with van der Waals surface area (Å²) in [4.78, 5) is 36.9. The lowest BCUT2D eigenvalue weighted by atomic mass is 10.3. The third-order valence-electron chi connectivity index (χ3n) is 3.63. The summed E-state index contributed by atoms with van der Waals surface area (Å²) in [5, 5.41) is 4.00. The highest BCUT2D eigenvalue weighted by Crippen LogP contribution is 2.37. The third-order valence-corrected chi connectivity index (χ3v) is 4.19. The molecule has 0 spiro atoms. The van der Waals surface area contributed by atoms with E-state index >= 15 is 0 Å². The number of halogens is 2. The van der Waals surface area contributed by atoms with Crippen molar-refractivity contribution in [2.45, 2.75) is 19.9 Å². The second kappa shape index (κ2) is 7.42. The van der Waals surface area contributed by atoms with Gasteiger partial charge in [-0.05, 0) is 32.0 Å². The van der Waals surface area contributed by atoms with E-state index < -0.39 is 11.2 Å². The molecule has 0 bridgehead atoms. The summed E-state index contributed by atoms with van der Waals surface area (Å²) in [5.41, 5.74) is -1.25. The Bertz CT molecular complexity index is 1160. The van der Waals surface area contributed by atoms with Gasteiger partial charge in [0.2, 0.25) is 0 Å². The van der Waals surface area contributed by atoms with Crippen LogP contribution in [-0.4, -0.2) is 19.3 Å². The number of hydrogen-bond donors (Lipinski definition) is 1. The fourth-order valence-corrected chi connectivity index (χ4v) is 2.92. The molecule has 0 aliphatic carbocycles. The first-order valence-electron chi connectivity index (χ1n) is 7.84. The lowest BCUT2D eigenvalue weighted by Crippen LogP contribution is -2.30. The van der Waals surface area contributed by atoms with Crippen LogP contribution in [0.4, 0.5) is 0 Å². The fraction of sp³-hybridized carbons (Fsp3) is 0.176. The number of aromatic amines is 1. The minimum Gasteiger partial charge on any atom is -0.453 e. The molecule has 3 rings (SSSR count). The number of pyridine rings is 1. The molecule has 8 nitrogen and oxygen atoms in total. The van der Waals surface area contributed by atoms with Crippen molar-refractivity contribution in [1.29, 1.82) is 0 Å². The van der Waals surface area contributed by atoms with Gasteiger partial charge in [-0.3, -0.25) is 14.6 Å². The zero-order valence-electron chi connectivity index (χ0n) is 14.3. The Labute approximate surface area is 162 Å². The lowest BCUT2D eigenvalue weighted by molar-refractivity contribution is 0.465. The van der Waals surface area contributed by atoms with Crippen molar-refractivity contribution < 1.29 is 4.74 Å². The predicted molar refractivity (Wildman–Crippen MR) is 102 cm³/mol. The second-order valence-electron chi connectivity index (χ2n) is 5.90. The molecule has 0 amide bonds. The van der Waals surface area contributed by atoms with Crippen LogP contribution in [0, 0.1) is 0 Å². The van der Waals surface area contributed by atoms with Crippen molar-refractivity contribution in [3.63, 3.8) is 0 Å². The predicted octanol–water partition coefficient (Wildman–Crippen LogP) is 2.76. The van der Waals surface area contributed by atoms with Crippen molar-refractivity contribution in [1.82, 2.24) is 19.3 Å². The molecule has 0 atom stereocenters. The average Bonchev–Trinajstić information content (AvgIpc) is 2.59. The summed E-state index contributed by atoms with van der Waals surface area (Å²) >= 11 is 12.5. The Morgan fingerprint density at radius 3 is 2.37 bits per heavy atom. The van der Waals surface area contributed by atoms with E-state index in [9.17, 15) is 14.4 Å². The summed E-state index contributed by atoms with van der Waals surface area (Å²) in [6, 6.07) is 5.69. The number of benzene rings is 1. The van der Waals surface area contributed by atoms with Crippen molar-refractivity contribution in [2.75, 3.05) is 0 Å². The molecular weight excluding hydrogens is 395 g/mol. The smallest absolute Gasteiger partial charge is 0.349 e. The normalized spacial score (nSPS) is 11.0. The molecule has 10 heteroatoms. The van der Waals surface area contributed by atoms with Gasteiger partial charge in [-0.1, -0.05) is 23.2 Å². The number of rotatable bonds is 4. The Hall–Kier alpha value is -2.84. The quantitative estimate of drug-likeness (QED) is 0.715. The fourth-order valence-electron chi connectivity index (χ4n) is 2.37. The first-order valence-corrected chi connectivity index (χ1v) is 8.60. The van der Waals surface area contributed by atoms with Gasteiger partial charge >= 0.3 is 5.69 Å². The highest BCUT2D eigenvalue weighted by atomic mass is 35.5. The van der Waals surface area contributed by atoms with Gasteiger partial charge in [0.25, 0.3) is 11.1 Å². The van der Waals surface area contributed by atoms with Gasteiger partial charge in [0.1, 0.15) is 11.9 Å². The highest BCUT2D eigenvalue weighted by molar-refractivity contribution is 6.37. The number of H-pyrrole nitrogens is 1. The lowest BCUT2D eigenvalue weighted by Gasteiger charge is -2.14. The van der Waals surface area contributed by atoms with E-state index in [1.165, 1.54) is 28.8 Å². The molecule has 0 fully saturated rings. The molecule has 2 heterocycles. The number of nitrogens with zero attached hydrogens (tertiary/aromatic N) is 3. The molecule has 0 saturated heterocycles. The summed E-state index contributed by atoms with van der Waals surface area (Å²) in [7, 11) is 0. The van der Waals surface area contributed by atoms with Crippen molar-refractivity contribution >= 4 is 23.2 Å². The second-order valence-corrected chi connectivity index (χ2v) is 6.71. The van der Waals surface area contributed by atoms with Gasteiger partial charge < -0.3 is 9.30 Å². The topological polar surface area (TPSA) is 99.0 Å². The first-order chi connectivity index (χ1) is 12.8. The van der Waals surface area contributed by atoms with Gasteiger partial charge in [-0.2, -0.15) is 9.78 Å². The maximum Gasteiger partial charge on any atom is 0.349 e. The SMILES string of the molecule is CC(C)n1cc(Oc2c(Cl)cc(-n3ncc(=O)[nH]c3=O)cc2Cl)ccc1=O. The summed E-state index contributed by atoms with van der Waals surface area (Å²) in [6.07, 6.45) is 2.52. The minimum atomic E-state index is -0.729. The van der Waals surface area contributed by atoms with Crippen LogP contribution in [0.25, 0.3) is 5.69 Å². The monoisotopic (exact) mass is 408 g/mol. The molecule has 2 aromatic heterocycles. The van der Waals surface area contributed by atoms with Gasteiger partial charge in [0, 0.05) is 12.1 Å². The van der Waals surface area contributed by atoms with Crippen LogP contribution in [0.1, 0.15) is 19.9 Å². The summed E-state index contributed by atoms with van der Waals surface area (Å²) in [5.74, 6) is 0.535. The van der Waals surface area contributed by atoms with Gasteiger partial charge in [-0.15, -0.1) is 0 Å². The average molecular weight is 409 g/mol. The van der Waals surface area contributed by atoms with Crippen molar-refractivity contribution in [3.8, 4) is 17.2 Å². The molecule has 1 N–H and O–H groups in total. The van der Waals surface area contributed by atoms with E-state index in [1.807, 2.05) is 13.8 Å². The van der Waals surface area contributed by atoms with Gasteiger partial charge in [-0.25, -0.2) is 4.79 Å². The minimum absolute atomic E-state index is 0.0486. The van der Waals surface area contributed by atoms with E-state index in [0.717, 1.165) is 10.9 Å². The maximum atomic E-state index is 11.9. The molecule has 27 heavy (non-hydrogen) atoms. The summed E-state index contributed by atoms with van der Waals surface area (Å²) < 4.78 is 8.19. The van der Waals surface area contributed by atoms with Gasteiger partial charge in [0.15, 0.2) is 5.75 Å². The Morgan fingerprint density at radius 1 is 1.11 bits per heavy atom. The highest BCUT2D eigenvalue weighted by Gasteiger charge is 2.14. The largest absolute Gasteiger partial charge is 0.453 e. The molecule has 0 aliphatic heterocycles. The zero-order chi connectivity index (χ0) is 19.7. The van der Waals surface area contributed by atoms with Crippen molar-refractivity contribution in [3.05, 3.63) is 77.9 Å². The van der Waals surface area contributed by atoms with E-state index in [0.29, 0.717) is 5.75 Å². The molecule has 140 valence electrons. The van der Waals surface area contributed by atoms with E-state index in [1.54, 1.807) is 6.20 Å². The Balaban J connectivity index is 2.01. The van der Waals surface area contributed by atoms with E-state index in [-0.39, 0.29) is 33.1 Å². The number of ether oxygens (including phenoxy) is 1. The zero-order valence-corrected chi connectivity index (χ0v) is 15.8. The Kier molecular flexibility index (Phi) is 5.20. The third kappa shape index (κ3) is 3.96. The van der Waals surface area contributed by atoms with Crippen LogP contribution in [0.3, 0.4) is 0 Å². The first kappa shape index (κ1) is 18.9. The van der Waals surface area contributed by atoms with Crippen molar-refractivity contribution in [2.24, 2.45) is 0 Å². The molecular formula is C17H14Cl2N4O4. The molecule has 0 saturated carbocycles. The summed E-state index contributed by atoms with van der Waals surface area (Å²) in [6.45, 7) is 3.74. The standard InChI is InChI=1S/C17H14Cl2N4O4/c1-9(2)22-8-11(3-4-15(22)25)27-16-12(18)5-10(6-13(16)19)23-17(26)21-14(24)7-20-23/h3-9H,1-2H3,(H,21,24,26). The molecule has 0 radical (unpaired) electrons. The number of nitrogens with one attached hydrogen (secondary N) is 1. The van der Waals surface area contributed by atoms with E-state index in [4.69, 9.17) is 27.9 Å². The maximum absolute atomic E-state index is 11.9. The number of aromatic nitrogens is 4. The van der Waals surface area contributed by atoms with Crippen LogP contribution in [-0.2, 0) is 0 Å². The van der Waals surface area contributed by atoms with E-state index in [2.05, 4.69) is 10.1 Å². The number of hydrogen-bond acceptors (Lipinski definition) is 5. The van der Waals surface area contributed by atoms with Crippen LogP contribution < -0.4 is 21.5 Å².